The van der Waals surface area contributed by atoms with Gasteiger partial charge in [-0.3, -0.25) is 14.4 Å². The molecule has 2 bridgehead atoms. The van der Waals surface area contributed by atoms with Crippen molar-refractivity contribution in [3.8, 4) is 0 Å². The molecule has 0 unspecified atom stereocenters. The number of anilines is 2. The van der Waals surface area contributed by atoms with Crippen molar-refractivity contribution < 1.29 is 19.5 Å². The number of nitrogens with one attached hydrogen (secondary N) is 1. The smallest absolute Gasteiger partial charge is 0.309 e. The van der Waals surface area contributed by atoms with E-state index in [1.165, 1.54) is 0 Å². The number of benzene rings is 2. The van der Waals surface area contributed by atoms with Gasteiger partial charge in [0, 0.05) is 29.4 Å². The zero-order valence-corrected chi connectivity index (χ0v) is 17.9. The predicted octanol–water partition coefficient (Wildman–Crippen LogP) is 3.05. The number of alkyl halides is 1. The Kier molecular flexibility index (Phi) is 4.37. The first-order chi connectivity index (χ1) is 14.7. The number of hydrogen-bond donors (Lipinski definition) is 3. The van der Waals surface area contributed by atoms with Crippen molar-refractivity contribution in [3.63, 3.8) is 0 Å². The third-order valence-electron chi connectivity index (χ3n) is 7.21. The molecule has 3 aliphatic carbocycles. The van der Waals surface area contributed by atoms with Crippen LogP contribution in [0, 0.1) is 10.8 Å². The van der Waals surface area contributed by atoms with Crippen LogP contribution in [0.4, 0.5) is 11.4 Å². The highest BCUT2D eigenvalue weighted by atomic mass is 35.5. The number of carboxylic acids is 1. The topological polar surface area (TPSA) is 113 Å². The third kappa shape index (κ3) is 2.72. The van der Waals surface area contributed by atoms with E-state index in [0.717, 1.165) is 22.0 Å². The fraction of sp³-hybridized carbons (Fsp3) is 0.435. The lowest BCUT2D eigenvalue weighted by molar-refractivity contribution is -0.219. The molecule has 0 saturated heterocycles. The molecule has 3 saturated carbocycles. The van der Waals surface area contributed by atoms with E-state index >= 15 is 0 Å². The molecule has 1 heterocycles. The van der Waals surface area contributed by atoms with Crippen LogP contribution in [-0.4, -0.2) is 41.4 Å². The second kappa shape index (κ2) is 6.68. The Labute approximate surface area is 184 Å². The number of nitrogens with two attached hydrogens (primary N) is 1. The van der Waals surface area contributed by atoms with Gasteiger partial charge in [-0.1, -0.05) is 24.3 Å². The standard InChI is InChI=1S/C23H24ClN3O4/c1-12(25)19(28)26-16-6-17-18(15-5-3-2-4-14(15)16)13(7-24)8-27(17)20(29)22-9-23(10-22,11-22)21(30)31/h2-6,12-13H,7-11,25H2,1H3,(H,26,28)(H,30,31)/t12-,13+,22?,23?/m0/s1. The van der Waals surface area contributed by atoms with E-state index in [0.29, 0.717) is 37.4 Å². The first-order valence-electron chi connectivity index (χ1n) is 10.4. The normalized spacial score (nSPS) is 29.0. The van der Waals surface area contributed by atoms with Gasteiger partial charge >= 0.3 is 5.97 Å². The van der Waals surface area contributed by atoms with E-state index in [2.05, 4.69) is 5.32 Å². The summed E-state index contributed by atoms with van der Waals surface area (Å²) >= 11 is 6.31. The van der Waals surface area contributed by atoms with Crippen LogP contribution >= 0.6 is 11.6 Å². The van der Waals surface area contributed by atoms with Gasteiger partial charge in [-0.05, 0) is 43.2 Å². The maximum absolute atomic E-state index is 13.5. The highest BCUT2D eigenvalue weighted by Gasteiger charge is 2.76. The molecular weight excluding hydrogens is 418 g/mol. The fourth-order valence-electron chi connectivity index (χ4n) is 5.64. The number of carbonyl (C=O) groups excluding carboxylic acids is 2. The van der Waals surface area contributed by atoms with Gasteiger partial charge in [0.15, 0.2) is 0 Å². The van der Waals surface area contributed by atoms with Crippen molar-refractivity contribution in [1.82, 2.24) is 0 Å². The summed E-state index contributed by atoms with van der Waals surface area (Å²) in [4.78, 5) is 39.1. The fourth-order valence-corrected chi connectivity index (χ4v) is 5.89. The molecule has 162 valence electrons. The van der Waals surface area contributed by atoms with Crippen LogP contribution in [-0.2, 0) is 14.4 Å². The Morgan fingerprint density at radius 3 is 2.45 bits per heavy atom. The number of nitrogens with zero attached hydrogens (tertiary/aromatic N) is 1. The first-order valence-corrected chi connectivity index (χ1v) is 11.0. The van der Waals surface area contributed by atoms with Crippen molar-refractivity contribution in [2.45, 2.75) is 38.1 Å². The van der Waals surface area contributed by atoms with E-state index in [1.54, 1.807) is 11.8 Å². The van der Waals surface area contributed by atoms with E-state index in [9.17, 15) is 19.5 Å². The summed E-state index contributed by atoms with van der Waals surface area (Å²) in [5, 5.41) is 14.1. The van der Waals surface area contributed by atoms with Gasteiger partial charge in [0.05, 0.1) is 22.6 Å². The Morgan fingerprint density at radius 2 is 1.87 bits per heavy atom. The molecule has 2 amide bonds. The summed E-state index contributed by atoms with van der Waals surface area (Å²) in [6.07, 6.45) is 1.19. The SMILES string of the molecule is C[C@H](N)C(=O)Nc1cc2c(c3ccccc13)[C@H](CCl)CN2C(=O)C12CC(C(=O)O)(C1)C2. The highest BCUT2D eigenvalue weighted by molar-refractivity contribution is 6.19. The zero-order valence-electron chi connectivity index (χ0n) is 17.2. The van der Waals surface area contributed by atoms with Crippen molar-refractivity contribution >= 4 is 51.5 Å². The molecule has 6 rings (SSSR count). The minimum atomic E-state index is -0.811. The molecule has 1 aliphatic heterocycles. The number of rotatable bonds is 5. The monoisotopic (exact) mass is 441 g/mol. The quantitative estimate of drug-likeness (QED) is 0.617. The molecule has 3 fully saturated rings. The lowest BCUT2D eigenvalue weighted by Gasteiger charge is -2.67. The van der Waals surface area contributed by atoms with Crippen LogP contribution in [0.3, 0.4) is 0 Å². The lowest BCUT2D eigenvalue weighted by Crippen LogP contribution is -2.70. The maximum Gasteiger partial charge on any atom is 0.309 e. The maximum atomic E-state index is 13.5. The minimum Gasteiger partial charge on any atom is -0.481 e. The summed E-state index contributed by atoms with van der Waals surface area (Å²) in [6, 6.07) is 8.89. The Bertz CT molecular complexity index is 1130. The molecule has 2 aromatic rings. The van der Waals surface area contributed by atoms with Crippen LogP contribution < -0.4 is 16.0 Å². The average Bonchev–Trinajstić information content (AvgIpc) is 3.04. The number of carbonyl (C=O) groups is 3. The van der Waals surface area contributed by atoms with Gasteiger partial charge in [-0.15, -0.1) is 11.6 Å². The number of aliphatic carboxylic acids is 1. The van der Waals surface area contributed by atoms with Crippen LogP contribution in [0.25, 0.3) is 10.8 Å². The molecule has 0 radical (unpaired) electrons. The zero-order chi connectivity index (χ0) is 22.1. The van der Waals surface area contributed by atoms with Crippen molar-refractivity contribution in [2.75, 3.05) is 22.6 Å². The molecule has 8 heteroatoms. The van der Waals surface area contributed by atoms with E-state index < -0.39 is 22.8 Å². The van der Waals surface area contributed by atoms with Crippen molar-refractivity contribution in [2.24, 2.45) is 16.6 Å². The second-order valence-electron chi connectivity index (χ2n) is 9.34. The van der Waals surface area contributed by atoms with Crippen LogP contribution in [0.15, 0.2) is 30.3 Å². The summed E-state index contributed by atoms with van der Waals surface area (Å²) in [5.74, 6) is -0.834. The van der Waals surface area contributed by atoms with Gasteiger partial charge < -0.3 is 21.1 Å². The highest BCUT2D eigenvalue weighted by Crippen LogP contribution is 2.74. The molecule has 2 aromatic carbocycles. The molecule has 4 N–H and O–H groups in total. The molecule has 2 atom stereocenters. The van der Waals surface area contributed by atoms with E-state index in [-0.39, 0.29) is 17.7 Å². The summed E-state index contributed by atoms with van der Waals surface area (Å²) < 4.78 is 0. The van der Waals surface area contributed by atoms with Crippen LogP contribution in [0.2, 0.25) is 0 Å². The van der Waals surface area contributed by atoms with Crippen molar-refractivity contribution in [3.05, 3.63) is 35.9 Å². The predicted molar refractivity (Wildman–Crippen MR) is 118 cm³/mol. The van der Waals surface area contributed by atoms with Crippen LogP contribution in [0.1, 0.15) is 37.7 Å². The van der Waals surface area contributed by atoms with E-state index in [4.69, 9.17) is 17.3 Å². The number of amides is 2. The van der Waals surface area contributed by atoms with Gasteiger partial charge in [-0.25, -0.2) is 0 Å². The summed E-state index contributed by atoms with van der Waals surface area (Å²) in [6.45, 7) is 2.07. The molecular formula is C23H24ClN3O4. The number of halogens is 1. The lowest BCUT2D eigenvalue weighted by atomic mass is 9.34. The van der Waals surface area contributed by atoms with Gasteiger partial charge in [0.1, 0.15) is 0 Å². The molecule has 0 aromatic heterocycles. The van der Waals surface area contributed by atoms with E-state index in [1.807, 2.05) is 30.3 Å². The number of hydrogen-bond acceptors (Lipinski definition) is 4. The Balaban J connectivity index is 1.57. The Hall–Kier alpha value is -2.64. The van der Waals surface area contributed by atoms with Gasteiger partial charge in [0.25, 0.3) is 0 Å². The average molecular weight is 442 g/mol. The third-order valence-corrected chi connectivity index (χ3v) is 7.58. The molecule has 31 heavy (non-hydrogen) atoms. The van der Waals surface area contributed by atoms with Gasteiger partial charge in [-0.2, -0.15) is 0 Å². The second-order valence-corrected chi connectivity index (χ2v) is 9.65. The van der Waals surface area contributed by atoms with Gasteiger partial charge in [0.2, 0.25) is 11.8 Å². The van der Waals surface area contributed by atoms with Crippen LogP contribution in [0.5, 0.6) is 0 Å². The minimum absolute atomic E-state index is 0.0375. The summed E-state index contributed by atoms with van der Waals surface area (Å²) in [5.41, 5.74) is 6.78. The Morgan fingerprint density at radius 1 is 1.23 bits per heavy atom. The summed E-state index contributed by atoms with van der Waals surface area (Å²) in [7, 11) is 0. The molecule has 0 spiro atoms. The van der Waals surface area contributed by atoms with Crippen molar-refractivity contribution in [1.29, 1.82) is 0 Å². The number of fused-ring (bicyclic) bond motifs is 3. The molecule has 4 aliphatic rings. The largest absolute Gasteiger partial charge is 0.481 e. The first kappa shape index (κ1) is 20.3. The number of carboxylic acid groups (broad SMARTS) is 1. The molecule has 7 nitrogen and oxygen atoms in total.